The SMILES string of the molecule is CCCCCCCCCCCCCCCCCCCCCCCCCCCCCC/C=C/C(O)C(COC1OC(CO)C(OC2OC(CO)C(O)C(O)C2O)C(O)C1O)NC(=O)CCCCCCCCCCCCCCCCCCCCCCCCCCCCCCCCCCCCCCCC. The molecule has 2 rings (SSSR count). The van der Waals surface area contributed by atoms with E-state index in [1.54, 1.807) is 6.08 Å². The van der Waals surface area contributed by atoms with Gasteiger partial charge in [-0.25, -0.2) is 0 Å². The van der Waals surface area contributed by atoms with Crippen LogP contribution in [-0.4, -0.2) is 140 Å². The van der Waals surface area contributed by atoms with Crippen LogP contribution in [0.25, 0.3) is 0 Å². The van der Waals surface area contributed by atoms with E-state index in [0.29, 0.717) is 0 Å². The molecule has 0 spiro atoms. The molecule has 9 N–H and O–H groups in total. The van der Waals surface area contributed by atoms with Gasteiger partial charge in [0.2, 0.25) is 5.91 Å². The monoisotopic (exact) mass is 1450 g/mol. The third-order valence-electron chi connectivity index (χ3n) is 22.5. The Balaban J connectivity index is 1.55. The molecule has 2 saturated heterocycles. The van der Waals surface area contributed by atoms with Crippen molar-refractivity contribution in [2.24, 2.45) is 0 Å². The van der Waals surface area contributed by atoms with E-state index in [9.17, 15) is 45.6 Å². The van der Waals surface area contributed by atoms with E-state index in [4.69, 9.17) is 18.9 Å². The summed E-state index contributed by atoms with van der Waals surface area (Å²) in [4.78, 5) is 13.4. The lowest BCUT2D eigenvalue weighted by molar-refractivity contribution is -0.359. The van der Waals surface area contributed by atoms with Gasteiger partial charge in [0.1, 0.15) is 48.8 Å². The van der Waals surface area contributed by atoms with Gasteiger partial charge in [0.25, 0.3) is 0 Å². The zero-order chi connectivity index (χ0) is 73.7. The molecule has 12 unspecified atom stereocenters. The molecule has 102 heavy (non-hydrogen) atoms. The summed E-state index contributed by atoms with van der Waals surface area (Å²) < 4.78 is 23.0. The van der Waals surface area contributed by atoms with E-state index < -0.39 is 86.8 Å². The maximum absolute atomic E-state index is 13.4. The molecule has 0 aliphatic carbocycles. The number of unbranched alkanes of at least 4 members (excludes halogenated alkanes) is 65. The Labute approximate surface area is 628 Å². The molecule has 0 saturated carbocycles. The van der Waals surface area contributed by atoms with Gasteiger partial charge in [-0.1, -0.05) is 437 Å². The van der Waals surface area contributed by atoms with E-state index in [1.165, 1.54) is 385 Å². The molecule has 2 aliphatic rings. The first-order valence-electron chi connectivity index (χ1n) is 44.9. The molecule has 2 fully saturated rings. The van der Waals surface area contributed by atoms with Crippen LogP contribution in [-0.2, 0) is 23.7 Å². The Morgan fingerprint density at radius 1 is 0.343 bits per heavy atom. The van der Waals surface area contributed by atoms with Crippen LogP contribution in [0.3, 0.4) is 0 Å². The smallest absolute Gasteiger partial charge is 0.220 e. The van der Waals surface area contributed by atoms with Crippen molar-refractivity contribution in [3.05, 3.63) is 12.2 Å². The molecule has 0 aromatic heterocycles. The number of aliphatic hydroxyl groups is 8. The second-order valence-corrected chi connectivity index (χ2v) is 32.1. The minimum Gasteiger partial charge on any atom is -0.394 e. The first kappa shape index (κ1) is 96.8. The summed E-state index contributed by atoms with van der Waals surface area (Å²) in [6, 6.07) is -0.913. The summed E-state index contributed by atoms with van der Waals surface area (Å²) in [6.45, 7) is 2.89. The van der Waals surface area contributed by atoms with Crippen LogP contribution in [0.2, 0.25) is 0 Å². The molecule has 12 atom stereocenters. The molecule has 1 amide bonds. The number of hydrogen-bond donors (Lipinski definition) is 9. The number of nitrogens with one attached hydrogen (secondary N) is 1. The van der Waals surface area contributed by atoms with Gasteiger partial charge < -0.3 is 65.1 Å². The first-order chi connectivity index (χ1) is 50.1. The fraction of sp³-hybridized carbons (Fsp3) is 0.966. The van der Waals surface area contributed by atoms with Crippen molar-refractivity contribution in [1.29, 1.82) is 0 Å². The highest BCUT2D eigenvalue weighted by Crippen LogP contribution is 2.31. The van der Waals surface area contributed by atoms with Gasteiger partial charge in [0.15, 0.2) is 12.6 Å². The lowest BCUT2D eigenvalue weighted by atomic mass is 9.97. The summed E-state index contributed by atoms with van der Waals surface area (Å²) >= 11 is 0. The lowest BCUT2D eigenvalue weighted by Gasteiger charge is -2.46. The first-order valence-corrected chi connectivity index (χ1v) is 44.9. The van der Waals surface area contributed by atoms with Crippen molar-refractivity contribution in [2.75, 3.05) is 19.8 Å². The Morgan fingerprint density at radius 2 is 0.608 bits per heavy atom. The number of aliphatic hydroxyl groups excluding tert-OH is 8. The van der Waals surface area contributed by atoms with Gasteiger partial charge in [-0.3, -0.25) is 4.79 Å². The van der Waals surface area contributed by atoms with E-state index in [0.717, 1.165) is 44.9 Å². The molecule has 0 radical (unpaired) electrons. The van der Waals surface area contributed by atoms with Crippen LogP contribution in [0.1, 0.15) is 450 Å². The molecule has 14 nitrogen and oxygen atoms in total. The van der Waals surface area contributed by atoms with Crippen LogP contribution in [0.4, 0.5) is 0 Å². The van der Waals surface area contributed by atoms with E-state index in [-0.39, 0.29) is 18.9 Å². The van der Waals surface area contributed by atoms with Gasteiger partial charge in [0.05, 0.1) is 32.0 Å². The molecular weight excluding hydrogens is 1280 g/mol. The minimum absolute atomic E-state index is 0.227. The van der Waals surface area contributed by atoms with Crippen molar-refractivity contribution < 1.29 is 64.6 Å². The summed E-state index contributed by atoms with van der Waals surface area (Å²) in [5.74, 6) is -0.227. The predicted molar refractivity (Wildman–Crippen MR) is 425 cm³/mol. The van der Waals surface area contributed by atoms with Crippen LogP contribution in [0.15, 0.2) is 12.2 Å². The Kier molecular flexibility index (Phi) is 68.9. The predicted octanol–water partition coefficient (Wildman–Crippen LogP) is 21.6. The van der Waals surface area contributed by atoms with Crippen LogP contribution in [0, 0.1) is 0 Å². The van der Waals surface area contributed by atoms with Gasteiger partial charge in [-0.05, 0) is 19.3 Å². The Morgan fingerprint density at radius 3 is 0.902 bits per heavy atom. The fourth-order valence-electron chi connectivity index (χ4n) is 15.4. The molecular formula is C88H171NO13. The summed E-state index contributed by atoms with van der Waals surface area (Å²) in [5, 5.41) is 87.9. The van der Waals surface area contributed by atoms with Crippen molar-refractivity contribution in [1.82, 2.24) is 5.32 Å². The highest BCUT2D eigenvalue weighted by Gasteiger charge is 2.51. The number of amides is 1. The molecule has 0 aromatic carbocycles. The average molecular weight is 1450 g/mol. The summed E-state index contributed by atoms with van der Waals surface area (Å²) in [5.41, 5.74) is 0. The normalized spacial score (nSPS) is 21.6. The van der Waals surface area contributed by atoms with E-state index >= 15 is 0 Å². The van der Waals surface area contributed by atoms with Gasteiger partial charge in [-0.2, -0.15) is 0 Å². The largest absolute Gasteiger partial charge is 0.394 e. The second kappa shape index (κ2) is 72.6. The zero-order valence-corrected chi connectivity index (χ0v) is 66.9. The number of hydrogen-bond acceptors (Lipinski definition) is 13. The number of ether oxygens (including phenoxy) is 4. The molecule has 2 aliphatic heterocycles. The summed E-state index contributed by atoms with van der Waals surface area (Å²) in [7, 11) is 0. The summed E-state index contributed by atoms with van der Waals surface area (Å²) in [6.07, 6.45) is 77.7. The molecule has 0 bridgehead atoms. The lowest BCUT2D eigenvalue weighted by Crippen LogP contribution is -2.65. The number of carbonyl (C=O) groups excluding carboxylic acids is 1. The standard InChI is InChI=1S/C88H171NO13/c1-3-5-7-9-11-13-15-17-19-21-23-25-27-29-31-33-35-36-37-38-39-40-41-42-44-46-48-50-52-54-56-58-60-62-64-66-68-70-72-80(93)89-76(75-99-87-85(98)83(96)86(79(74-91)101-87)102-88-84(97)82(95)81(94)78(73-90)100-88)77(92)71-69-67-65-63-61-59-57-55-53-51-49-47-45-43-34-32-30-28-26-24-22-20-18-16-14-12-10-8-6-4-2/h69,71,76-79,81-88,90-92,94-98H,3-68,70,72-75H2,1-2H3,(H,89,93)/b71-69+. The molecule has 2 heterocycles. The zero-order valence-electron chi connectivity index (χ0n) is 66.9. The number of carbonyl (C=O) groups is 1. The van der Waals surface area contributed by atoms with Crippen LogP contribution < -0.4 is 5.32 Å². The van der Waals surface area contributed by atoms with Crippen molar-refractivity contribution >= 4 is 5.91 Å². The highest BCUT2D eigenvalue weighted by atomic mass is 16.7. The van der Waals surface area contributed by atoms with Crippen LogP contribution in [0.5, 0.6) is 0 Å². The number of allylic oxidation sites excluding steroid dienone is 1. The highest BCUT2D eigenvalue weighted by molar-refractivity contribution is 5.76. The Bertz CT molecular complexity index is 1760. The van der Waals surface area contributed by atoms with Gasteiger partial charge in [-0.15, -0.1) is 0 Å². The number of rotatable bonds is 78. The quantitative estimate of drug-likeness (QED) is 0.0204. The minimum atomic E-state index is -1.79. The van der Waals surface area contributed by atoms with Gasteiger partial charge >= 0.3 is 0 Å². The van der Waals surface area contributed by atoms with E-state index in [2.05, 4.69) is 19.2 Å². The van der Waals surface area contributed by atoms with Crippen LogP contribution >= 0.6 is 0 Å². The fourth-order valence-corrected chi connectivity index (χ4v) is 15.4. The van der Waals surface area contributed by atoms with Gasteiger partial charge in [0, 0.05) is 6.42 Å². The van der Waals surface area contributed by atoms with Crippen molar-refractivity contribution in [3.63, 3.8) is 0 Å². The van der Waals surface area contributed by atoms with E-state index in [1.807, 2.05) is 6.08 Å². The maximum Gasteiger partial charge on any atom is 0.220 e. The molecule has 14 heteroatoms. The molecule has 606 valence electrons. The topological polar surface area (TPSA) is 228 Å². The third kappa shape index (κ3) is 54.3. The average Bonchev–Trinajstić information content (AvgIpc) is 0.791. The maximum atomic E-state index is 13.4. The Hall–Kier alpha value is -1.27. The van der Waals surface area contributed by atoms with Crippen molar-refractivity contribution in [3.8, 4) is 0 Å². The van der Waals surface area contributed by atoms with Crippen molar-refractivity contribution in [2.45, 2.75) is 524 Å². The third-order valence-corrected chi connectivity index (χ3v) is 22.5. The second-order valence-electron chi connectivity index (χ2n) is 32.1. The molecule has 0 aromatic rings.